The normalized spacial score (nSPS) is 14.6. The number of amides is 1. The molecule has 1 heterocycles. The molecule has 0 unspecified atom stereocenters. The van der Waals surface area contributed by atoms with E-state index < -0.39 is 28.5 Å². The second-order valence-corrected chi connectivity index (χ2v) is 9.49. The van der Waals surface area contributed by atoms with E-state index in [1.807, 2.05) is 31.1 Å². The Bertz CT molecular complexity index is 1010. The van der Waals surface area contributed by atoms with Gasteiger partial charge in [0.2, 0.25) is 10.0 Å². The largest absolute Gasteiger partial charge is 0.452 e. The number of hydrogen-bond donors (Lipinski definition) is 1. The second kappa shape index (κ2) is 9.93. The van der Waals surface area contributed by atoms with Gasteiger partial charge < -0.3 is 15.0 Å². The quantitative estimate of drug-likeness (QED) is 0.659. The number of ether oxygens (including phenoxy) is 1. The van der Waals surface area contributed by atoms with Crippen LogP contribution in [0.2, 0.25) is 0 Å². The number of hydrogen-bond acceptors (Lipinski definition) is 6. The third-order valence-electron chi connectivity index (χ3n) is 5.04. The first-order chi connectivity index (χ1) is 14.8. The molecule has 1 aliphatic heterocycles. The van der Waals surface area contributed by atoms with Gasteiger partial charge in [-0.05, 0) is 61.4 Å². The number of carbonyl (C=O) groups is 2. The smallest absolute Gasteiger partial charge is 0.338 e. The molecule has 0 spiro atoms. The van der Waals surface area contributed by atoms with Crippen LogP contribution < -0.4 is 10.2 Å². The van der Waals surface area contributed by atoms with E-state index >= 15 is 0 Å². The highest BCUT2D eigenvalue weighted by Gasteiger charge is 2.26. The minimum absolute atomic E-state index is 0.143. The van der Waals surface area contributed by atoms with Crippen LogP contribution in [0.4, 0.5) is 11.4 Å². The highest BCUT2D eigenvalue weighted by atomic mass is 32.2. The predicted octanol–water partition coefficient (Wildman–Crippen LogP) is 2.72. The molecule has 1 fully saturated rings. The van der Waals surface area contributed by atoms with Gasteiger partial charge in [-0.25, -0.2) is 13.2 Å². The van der Waals surface area contributed by atoms with Gasteiger partial charge in [-0.2, -0.15) is 4.31 Å². The lowest BCUT2D eigenvalue weighted by atomic mass is 10.2. The van der Waals surface area contributed by atoms with Gasteiger partial charge in [-0.3, -0.25) is 4.79 Å². The maximum atomic E-state index is 12.7. The van der Waals surface area contributed by atoms with Crippen LogP contribution in [0.15, 0.2) is 53.4 Å². The zero-order chi connectivity index (χ0) is 22.4. The molecule has 0 saturated carbocycles. The van der Waals surface area contributed by atoms with Gasteiger partial charge in [-0.1, -0.05) is 6.42 Å². The molecule has 0 atom stereocenters. The summed E-state index contributed by atoms with van der Waals surface area (Å²) in [5, 5.41) is 2.66. The van der Waals surface area contributed by atoms with Gasteiger partial charge in [0.1, 0.15) is 0 Å². The summed E-state index contributed by atoms with van der Waals surface area (Å²) in [5.74, 6) is -1.16. The highest BCUT2D eigenvalue weighted by molar-refractivity contribution is 7.89. The summed E-state index contributed by atoms with van der Waals surface area (Å²) in [6, 6.07) is 12.8. The summed E-state index contributed by atoms with van der Waals surface area (Å²) in [7, 11) is 0.279. The van der Waals surface area contributed by atoms with Crippen molar-refractivity contribution in [2.24, 2.45) is 0 Å². The highest BCUT2D eigenvalue weighted by Crippen LogP contribution is 2.21. The van der Waals surface area contributed by atoms with Crippen molar-refractivity contribution in [3.63, 3.8) is 0 Å². The summed E-state index contributed by atoms with van der Waals surface area (Å²) < 4.78 is 31.9. The van der Waals surface area contributed by atoms with Crippen LogP contribution in [-0.2, 0) is 19.6 Å². The molecule has 9 heteroatoms. The molecule has 0 radical (unpaired) electrons. The lowest BCUT2D eigenvalue weighted by molar-refractivity contribution is -0.119. The van der Waals surface area contributed by atoms with E-state index in [0.29, 0.717) is 18.8 Å². The number of piperidine rings is 1. The molecule has 2 aromatic rings. The van der Waals surface area contributed by atoms with Crippen LogP contribution in [0.3, 0.4) is 0 Å². The summed E-state index contributed by atoms with van der Waals surface area (Å²) in [6.07, 6.45) is 2.74. The fourth-order valence-electron chi connectivity index (χ4n) is 3.27. The zero-order valence-electron chi connectivity index (χ0n) is 17.7. The van der Waals surface area contributed by atoms with Crippen LogP contribution in [0.1, 0.15) is 29.6 Å². The van der Waals surface area contributed by atoms with Gasteiger partial charge in [0.25, 0.3) is 5.91 Å². The molecular weight excluding hydrogens is 418 g/mol. The standard InChI is InChI=1S/C22H27N3O5S/c1-24(2)19-10-8-18(9-11-19)23-21(26)16-30-22(27)17-6-12-20(13-7-17)31(28,29)25-14-4-3-5-15-25/h6-13H,3-5,14-16H2,1-2H3,(H,23,26). The fourth-order valence-corrected chi connectivity index (χ4v) is 4.79. The molecule has 1 amide bonds. The molecular formula is C22H27N3O5S. The summed E-state index contributed by atoms with van der Waals surface area (Å²) >= 11 is 0. The maximum absolute atomic E-state index is 12.7. The maximum Gasteiger partial charge on any atom is 0.338 e. The average Bonchev–Trinajstić information content (AvgIpc) is 2.78. The summed E-state index contributed by atoms with van der Waals surface area (Å²) in [5.41, 5.74) is 1.77. The monoisotopic (exact) mass is 445 g/mol. The molecule has 0 aliphatic carbocycles. The van der Waals surface area contributed by atoms with Crippen molar-refractivity contribution >= 4 is 33.3 Å². The zero-order valence-corrected chi connectivity index (χ0v) is 18.5. The Morgan fingerprint density at radius 3 is 2.16 bits per heavy atom. The first-order valence-electron chi connectivity index (χ1n) is 10.1. The van der Waals surface area contributed by atoms with Crippen LogP contribution in [0.5, 0.6) is 0 Å². The van der Waals surface area contributed by atoms with Crippen LogP contribution in [-0.4, -0.2) is 58.4 Å². The Morgan fingerprint density at radius 2 is 1.58 bits per heavy atom. The van der Waals surface area contributed by atoms with Crippen molar-refractivity contribution in [2.75, 3.05) is 44.0 Å². The van der Waals surface area contributed by atoms with Gasteiger partial charge in [-0.15, -0.1) is 0 Å². The number of rotatable bonds is 7. The third-order valence-corrected chi connectivity index (χ3v) is 6.96. The molecule has 31 heavy (non-hydrogen) atoms. The number of nitrogens with one attached hydrogen (secondary N) is 1. The van der Waals surface area contributed by atoms with Crippen molar-refractivity contribution < 1.29 is 22.7 Å². The van der Waals surface area contributed by atoms with Gasteiger partial charge >= 0.3 is 5.97 Å². The van der Waals surface area contributed by atoms with E-state index in [-0.39, 0.29) is 10.5 Å². The number of anilines is 2. The predicted molar refractivity (Wildman–Crippen MR) is 119 cm³/mol. The molecule has 1 aliphatic rings. The van der Waals surface area contributed by atoms with Crippen LogP contribution in [0, 0.1) is 0 Å². The van der Waals surface area contributed by atoms with Crippen molar-refractivity contribution in [3.8, 4) is 0 Å². The number of nitrogens with zero attached hydrogens (tertiary/aromatic N) is 2. The number of esters is 1. The Balaban J connectivity index is 1.54. The lowest BCUT2D eigenvalue weighted by Crippen LogP contribution is -2.35. The van der Waals surface area contributed by atoms with E-state index in [1.165, 1.54) is 28.6 Å². The summed E-state index contributed by atoms with van der Waals surface area (Å²) in [6.45, 7) is 0.584. The number of benzene rings is 2. The molecule has 8 nitrogen and oxygen atoms in total. The second-order valence-electron chi connectivity index (χ2n) is 7.55. The van der Waals surface area contributed by atoms with E-state index in [0.717, 1.165) is 24.9 Å². The van der Waals surface area contributed by atoms with E-state index in [1.54, 1.807) is 12.1 Å². The molecule has 1 N–H and O–H groups in total. The van der Waals surface area contributed by atoms with E-state index in [2.05, 4.69) is 5.32 Å². The van der Waals surface area contributed by atoms with E-state index in [4.69, 9.17) is 4.74 Å². The first-order valence-corrected chi connectivity index (χ1v) is 11.6. The Kier molecular flexibility index (Phi) is 7.29. The molecule has 3 rings (SSSR count). The van der Waals surface area contributed by atoms with Gasteiger partial charge in [0, 0.05) is 38.6 Å². The fraction of sp³-hybridized carbons (Fsp3) is 0.364. The molecule has 2 aromatic carbocycles. The van der Waals surface area contributed by atoms with Gasteiger partial charge in [0.15, 0.2) is 6.61 Å². The van der Waals surface area contributed by atoms with Gasteiger partial charge in [0.05, 0.1) is 10.5 Å². The Hall–Kier alpha value is -2.91. The van der Waals surface area contributed by atoms with Crippen molar-refractivity contribution in [2.45, 2.75) is 24.2 Å². The molecule has 0 aromatic heterocycles. The topological polar surface area (TPSA) is 96.0 Å². The lowest BCUT2D eigenvalue weighted by Gasteiger charge is -2.25. The first kappa shape index (κ1) is 22.8. The SMILES string of the molecule is CN(C)c1ccc(NC(=O)COC(=O)c2ccc(S(=O)(=O)N3CCCCC3)cc2)cc1. The minimum Gasteiger partial charge on any atom is -0.452 e. The Morgan fingerprint density at radius 1 is 0.968 bits per heavy atom. The number of carbonyl (C=O) groups excluding carboxylic acids is 2. The minimum atomic E-state index is -3.56. The van der Waals surface area contributed by atoms with Crippen LogP contribution in [0.25, 0.3) is 0 Å². The average molecular weight is 446 g/mol. The molecule has 166 valence electrons. The molecule has 0 bridgehead atoms. The van der Waals surface area contributed by atoms with E-state index in [9.17, 15) is 18.0 Å². The van der Waals surface area contributed by atoms with Crippen molar-refractivity contribution in [1.82, 2.24) is 4.31 Å². The third kappa shape index (κ3) is 5.83. The van der Waals surface area contributed by atoms with Crippen molar-refractivity contribution in [1.29, 1.82) is 0 Å². The molecule has 1 saturated heterocycles. The van der Waals surface area contributed by atoms with Crippen LogP contribution >= 0.6 is 0 Å². The Labute approximate surface area is 182 Å². The van der Waals surface area contributed by atoms with Crippen molar-refractivity contribution in [3.05, 3.63) is 54.1 Å². The number of sulfonamides is 1. The summed E-state index contributed by atoms with van der Waals surface area (Å²) in [4.78, 5) is 26.3.